The number of benzene rings is 1. The highest BCUT2D eigenvalue weighted by atomic mass is 32.2. The number of nitrogens with two attached hydrogens (primary N) is 1. The number of hydrogen-bond donors (Lipinski definition) is 2. The Balaban J connectivity index is 3.20. The Labute approximate surface area is 64.4 Å². The highest BCUT2D eigenvalue weighted by Crippen LogP contribution is 2.10. The van der Waals surface area contributed by atoms with Gasteiger partial charge in [0, 0.05) is 5.69 Å². The lowest BCUT2D eigenvalue weighted by molar-refractivity contribution is 0.483. The Morgan fingerprint density at radius 2 is 1.64 bits per heavy atom. The smallest absolute Gasteiger partial charge is 0.294 e. The molecule has 1 aromatic carbocycles. The molecule has 5 heteroatoms. The molecule has 0 aliphatic carbocycles. The summed E-state index contributed by atoms with van der Waals surface area (Å²) >= 11 is 0. The molecule has 0 aliphatic heterocycles. The van der Waals surface area contributed by atoms with Gasteiger partial charge in [-0.1, -0.05) is 0 Å². The maximum absolute atomic E-state index is 10.5. The molecule has 0 unspecified atom stereocenters. The molecule has 3 N–H and O–H groups in total. The van der Waals surface area contributed by atoms with Gasteiger partial charge in [0.15, 0.2) is 0 Å². The van der Waals surface area contributed by atoms with Gasteiger partial charge in [0.1, 0.15) is 0 Å². The molecule has 0 spiro atoms. The summed E-state index contributed by atoms with van der Waals surface area (Å²) in [4.78, 5) is -0.147. The number of rotatable bonds is 1. The normalized spacial score (nSPS) is 11.4. The summed E-state index contributed by atoms with van der Waals surface area (Å²) in [5, 5.41) is 0. The molecule has 0 aliphatic rings. The van der Waals surface area contributed by atoms with E-state index in [2.05, 4.69) is 0 Å². The molecule has 0 heterocycles. The van der Waals surface area contributed by atoms with Crippen LogP contribution in [0, 0.1) is 0 Å². The minimum absolute atomic E-state index is 0.147. The molecule has 0 amide bonds. The average molecular weight is 179 g/mol. The summed E-state index contributed by atoms with van der Waals surface area (Å²) in [6.07, 6.45) is 0. The SMILES string of the molecule is N[13c]1[13cH][13cH][13c](S(=O)(=O)O)[13cH][13cH]1. The molecule has 0 aromatic heterocycles. The van der Waals surface area contributed by atoms with Crippen LogP contribution in [0.2, 0.25) is 0 Å². The predicted molar refractivity (Wildman–Crippen MR) is 40.7 cm³/mol. The second-order valence-electron chi connectivity index (χ2n) is 2.04. The predicted octanol–water partition coefficient (Wildman–Crippen LogP) is 0.516. The van der Waals surface area contributed by atoms with Crippen molar-refractivity contribution in [3.05, 3.63) is 24.3 Å². The Morgan fingerprint density at radius 3 is 2.00 bits per heavy atom. The fourth-order valence-corrected chi connectivity index (χ4v) is 1.12. The Morgan fingerprint density at radius 1 is 1.18 bits per heavy atom. The zero-order valence-corrected chi connectivity index (χ0v) is 6.38. The van der Waals surface area contributed by atoms with Crippen LogP contribution in [0.3, 0.4) is 0 Å². The topological polar surface area (TPSA) is 80.4 Å². The first kappa shape index (κ1) is 8.03. The van der Waals surface area contributed by atoms with Gasteiger partial charge in [0.05, 0.1) is 4.90 Å². The van der Waals surface area contributed by atoms with Crippen LogP contribution in [0.5, 0.6) is 0 Å². The molecule has 0 saturated heterocycles. The summed E-state index contributed by atoms with van der Waals surface area (Å²) in [6, 6.07) is 5.29. The summed E-state index contributed by atoms with van der Waals surface area (Å²) in [5.74, 6) is 0. The van der Waals surface area contributed by atoms with Crippen LogP contribution in [-0.4, -0.2) is 13.0 Å². The van der Waals surface area contributed by atoms with Crippen LogP contribution < -0.4 is 5.73 Å². The largest absolute Gasteiger partial charge is 0.399 e. The highest BCUT2D eigenvalue weighted by molar-refractivity contribution is 7.85. The monoisotopic (exact) mass is 179 g/mol. The number of hydrogen-bond acceptors (Lipinski definition) is 3. The van der Waals surface area contributed by atoms with E-state index in [0.29, 0.717) is 5.69 Å². The number of nitrogen functional groups attached to an aromatic ring is 1. The zero-order chi connectivity index (χ0) is 8.48. The van der Waals surface area contributed by atoms with E-state index in [-0.39, 0.29) is 4.90 Å². The summed E-state index contributed by atoms with van der Waals surface area (Å²) in [7, 11) is -4.08. The minimum Gasteiger partial charge on any atom is -0.399 e. The van der Waals surface area contributed by atoms with E-state index in [4.69, 9.17) is 10.3 Å². The van der Waals surface area contributed by atoms with Crippen molar-refractivity contribution < 1.29 is 13.0 Å². The Kier molecular flexibility index (Phi) is 1.84. The van der Waals surface area contributed by atoms with Crippen LogP contribution in [0.1, 0.15) is 0 Å². The molecule has 0 radical (unpaired) electrons. The van der Waals surface area contributed by atoms with Crippen molar-refractivity contribution in [1.29, 1.82) is 0 Å². The van der Waals surface area contributed by atoms with Crippen molar-refractivity contribution in [3.8, 4) is 0 Å². The summed E-state index contributed by atoms with van der Waals surface area (Å²) < 4.78 is 29.4. The lowest BCUT2D eigenvalue weighted by atomic mass is 11.3. The third kappa shape index (κ3) is 1.92. The summed E-state index contributed by atoms with van der Waals surface area (Å²) in [6.45, 7) is 0. The lowest BCUT2D eigenvalue weighted by Gasteiger charge is -1.95. The van der Waals surface area contributed by atoms with E-state index in [9.17, 15) is 8.42 Å². The first-order chi connectivity index (χ1) is 5.00. The maximum atomic E-state index is 10.5. The third-order valence-electron chi connectivity index (χ3n) is 1.18. The fourth-order valence-electron chi connectivity index (χ4n) is 0.640. The maximum Gasteiger partial charge on any atom is 0.294 e. The van der Waals surface area contributed by atoms with Gasteiger partial charge >= 0.3 is 0 Å². The van der Waals surface area contributed by atoms with Gasteiger partial charge in [0.25, 0.3) is 10.1 Å². The fraction of sp³-hybridized carbons (Fsp3) is 0. The molecule has 1 rings (SSSR count). The van der Waals surface area contributed by atoms with Crippen LogP contribution in [0.15, 0.2) is 29.2 Å². The molecule has 11 heavy (non-hydrogen) atoms. The van der Waals surface area contributed by atoms with E-state index in [1.807, 2.05) is 0 Å². The zero-order valence-electron chi connectivity index (χ0n) is 5.56. The first-order valence-electron chi connectivity index (χ1n) is 2.83. The minimum atomic E-state index is -4.08. The second-order valence-corrected chi connectivity index (χ2v) is 3.47. The summed E-state index contributed by atoms with van der Waals surface area (Å²) in [5.41, 5.74) is 5.75. The van der Waals surface area contributed by atoms with Gasteiger partial charge in [-0.05, 0) is 24.3 Å². The van der Waals surface area contributed by atoms with E-state index >= 15 is 0 Å². The van der Waals surface area contributed by atoms with Gasteiger partial charge in [-0.3, -0.25) is 4.55 Å². The first-order valence-corrected chi connectivity index (χ1v) is 4.27. The number of anilines is 1. The van der Waals surface area contributed by atoms with Crippen molar-refractivity contribution in [3.63, 3.8) is 0 Å². The molecule has 0 saturated carbocycles. The van der Waals surface area contributed by atoms with Crippen molar-refractivity contribution >= 4 is 15.8 Å². The quantitative estimate of drug-likeness (QED) is 0.486. The Hall–Kier alpha value is -1.07. The molecular weight excluding hydrogens is 172 g/mol. The Bertz CT molecular complexity index is 341. The van der Waals surface area contributed by atoms with Crippen LogP contribution >= 0.6 is 0 Å². The molecule has 0 fully saturated rings. The average Bonchev–Trinajstić information content (AvgIpc) is 1.86. The molecule has 0 atom stereocenters. The molecule has 1 aromatic rings. The molecule has 60 valence electrons. The molecule has 4 nitrogen and oxygen atoms in total. The van der Waals surface area contributed by atoms with E-state index in [1.54, 1.807) is 0 Å². The van der Waals surface area contributed by atoms with Crippen LogP contribution in [0.25, 0.3) is 0 Å². The van der Waals surface area contributed by atoms with Crippen molar-refractivity contribution in [2.75, 3.05) is 5.73 Å². The van der Waals surface area contributed by atoms with Gasteiger partial charge in [-0.15, -0.1) is 0 Å². The molecular formula is C6H7NO3S. The third-order valence-corrected chi connectivity index (χ3v) is 2.05. The standard InChI is InChI=1S/C6H7NO3S/c7-5-1-3-6(4-2-5)11(8,9)10/h1-4H,7H2,(H,8,9,10)/i1+1,2+1,3+1,4+1,5+1,6+1. The van der Waals surface area contributed by atoms with Gasteiger partial charge in [0.2, 0.25) is 0 Å². The van der Waals surface area contributed by atoms with Crippen LogP contribution in [0.4, 0.5) is 5.69 Å². The van der Waals surface area contributed by atoms with E-state index in [1.165, 1.54) is 24.3 Å². The van der Waals surface area contributed by atoms with E-state index in [0.717, 1.165) is 0 Å². The molecule has 0 bridgehead atoms. The second kappa shape index (κ2) is 2.52. The van der Waals surface area contributed by atoms with Gasteiger partial charge in [-0.25, -0.2) is 0 Å². The van der Waals surface area contributed by atoms with Crippen LogP contribution in [-0.2, 0) is 10.1 Å². The van der Waals surface area contributed by atoms with Crippen molar-refractivity contribution in [2.24, 2.45) is 0 Å². The van der Waals surface area contributed by atoms with Crippen molar-refractivity contribution in [1.82, 2.24) is 0 Å². The van der Waals surface area contributed by atoms with E-state index < -0.39 is 10.1 Å². The highest BCUT2D eigenvalue weighted by Gasteiger charge is 2.06. The van der Waals surface area contributed by atoms with Crippen molar-refractivity contribution in [2.45, 2.75) is 4.90 Å². The van der Waals surface area contributed by atoms with Gasteiger partial charge in [-0.2, -0.15) is 8.42 Å². The van der Waals surface area contributed by atoms with Gasteiger partial charge < -0.3 is 5.73 Å². The lowest BCUT2D eigenvalue weighted by Crippen LogP contribution is -1.97.